The van der Waals surface area contributed by atoms with E-state index in [0.717, 1.165) is 11.1 Å². The summed E-state index contributed by atoms with van der Waals surface area (Å²) in [6, 6.07) is 10.8. The van der Waals surface area contributed by atoms with Gasteiger partial charge in [-0.15, -0.1) is 0 Å². The molecule has 0 saturated carbocycles. The van der Waals surface area contributed by atoms with Crippen molar-refractivity contribution in [3.05, 3.63) is 53.1 Å². The lowest BCUT2D eigenvalue weighted by molar-refractivity contribution is -0.114. The number of hydrogen-bond acceptors (Lipinski definition) is 3. The number of amides is 2. The zero-order valence-electron chi connectivity index (χ0n) is 13.7. The maximum Gasteiger partial charge on any atom is 0.259 e. The molecule has 0 spiro atoms. The van der Waals surface area contributed by atoms with E-state index in [-0.39, 0.29) is 11.8 Å². The minimum absolute atomic E-state index is 0.162. The number of anilines is 2. The number of carbonyl (C=O) groups excluding carboxylic acids is 2. The van der Waals surface area contributed by atoms with Crippen molar-refractivity contribution in [2.45, 2.75) is 20.8 Å². The maximum atomic E-state index is 12.6. The quantitative estimate of drug-likeness (QED) is 0.907. The summed E-state index contributed by atoms with van der Waals surface area (Å²) in [7, 11) is 1.54. The number of rotatable bonds is 4. The first kappa shape index (κ1) is 16.5. The fraction of sp³-hybridized carbons (Fsp3) is 0.222. The van der Waals surface area contributed by atoms with Crippen LogP contribution in [0.2, 0.25) is 0 Å². The molecule has 2 rings (SSSR count). The van der Waals surface area contributed by atoms with Gasteiger partial charge in [0.1, 0.15) is 5.75 Å². The number of aryl methyl sites for hydroxylation is 2. The van der Waals surface area contributed by atoms with Crippen molar-refractivity contribution in [2.24, 2.45) is 0 Å². The van der Waals surface area contributed by atoms with E-state index in [1.165, 1.54) is 6.92 Å². The molecule has 2 amide bonds. The summed E-state index contributed by atoms with van der Waals surface area (Å²) in [6.45, 7) is 5.26. The molecular formula is C18H20N2O3. The van der Waals surface area contributed by atoms with Crippen LogP contribution in [0.4, 0.5) is 11.4 Å². The second-order valence-corrected chi connectivity index (χ2v) is 5.38. The third-order valence-corrected chi connectivity index (χ3v) is 3.33. The Morgan fingerprint density at radius 3 is 2.26 bits per heavy atom. The third kappa shape index (κ3) is 4.10. The Morgan fingerprint density at radius 1 is 1.00 bits per heavy atom. The van der Waals surface area contributed by atoms with Crippen LogP contribution in [0.1, 0.15) is 28.4 Å². The van der Waals surface area contributed by atoms with Crippen molar-refractivity contribution < 1.29 is 14.3 Å². The van der Waals surface area contributed by atoms with E-state index in [1.54, 1.807) is 31.4 Å². The number of methoxy groups -OCH3 is 1. The molecule has 0 aliphatic carbocycles. The van der Waals surface area contributed by atoms with Gasteiger partial charge in [-0.25, -0.2) is 0 Å². The van der Waals surface area contributed by atoms with Gasteiger partial charge >= 0.3 is 0 Å². The number of hydrogen-bond donors (Lipinski definition) is 2. The molecule has 5 heteroatoms. The topological polar surface area (TPSA) is 67.4 Å². The molecule has 120 valence electrons. The van der Waals surface area contributed by atoms with Crippen LogP contribution in [-0.4, -0.2) is 18.9 Å². The number of ether oxygens (including phenoxy) is 1. The Kier molecular flexibility index (Phi) is 5.01. The Morgan fingerprint density at radius 2 is 1.65 bits per heavy atom. The summed E-state index contributed by atoms with van der Waals surface area (Å²) in [4.78, 5) is 23.7. The maximum absolute atomic E-state index is 12.6. The van der Waals surface area contributed by atoms with E-state index in [9.17, 15) is 9.59 Å². The Hall–Kier alpha value is -2.82. The summed E-state index contributed by atoms with van der Waals surface area (Å²) in [5.74, 6) is 0.127. The average molecular weight is 312 g/mol. The molecule has 0 bridgehead atoms. The fourth-order valence-corrected chi connectivity index (χ4v) is 2.45. The standard InChI is InChI=1S/C18H20N2O3/c1-11-8-12(2)17(16(9-11)23-4)18(22)20-15-7-5-6-14(10-15)19-13(3)21/h5-10H,1-4H3,(H,19,21)(H,20,22). The summed E-state index contributed by atoms with van der Waals surface area (Å²) >= 11 is 0. The van der Waals surface area contributed by atoms with E-state index in [0.29, 0.717) is 22.7 Å². The molecule has 2 aromatic carbocycles. The zero-order valence-corrected chi connectivity index (χ0v) is 13.7. The van der Waals surface area contributed by atoms with Crippen molar-refractivity contribution in [3.8, 4) is 5.75 Å². The van der Waals surface area contributed by atoms with Gasteiger partial charge in [-0.2, -0.15) is 0 Å². The monoisotopic (exact) mass is 312 g/mol. The SMILES string of the molecule is COc1cc(C)cc(C)c1C(=O)Nc1cccc(NC(C)=O)c1. The molecule has 0 saturated heterocycles. The highest BCUT2D eigenvalue weighted by Gasteiger charge is 2.16. The molecule has 0 heterocycles. The van der Waals surface area contributed by atoms with Gasteiger partial charge in [0.2, 0.25) is 5.91 Å². The van der Waals surface area contributed by atoms with Crippen LogP contribution < -0.4 is 15.4 Å². The molecule has 2 N–H and O–H groups in total. The first-order valence-electron chi connectivity index (χ1n) is 7.25. The van der Waals surface area contributed by atoms with E-state index >= 15 is 0 Å². The molecule has 23 heavy (non-hydrogen) atoms. The average Bonchev–Trinajstić information content (AvgIpc) is 2.45. The van der Waals surface area contributed by atoms with Gasteiger partial charge in [0.15, 0.2) is 0 Å². The van der Waals surface area contributed by atoms with Gasteiger partial charge in [-0.1, -0.05) is 12.1 Å². The van der Waals surface area contributed by atoms with Crippen molar-refractivity contribution in [1.29, 1.82) is 0 Å². The summed E-state index contributed by atoms with van der Waals surface area (Å²) in [5, 5.41) is 5.52. The van der Waals surface area contributed by atoms with Crippen LogP contribution in [0.15, 0.2) is 36.4 Å². The molecule has 0 fully saturated rings. The van der Waals surface area contributed by atoms with Gasteiger partial charge in [0, 0.05) is 18.3 Å². The molecule has 0 aliphatic heterocycles. The molecule has 0 atom stereocenters. The Balaban J connectivity index is 2.28. The number of benzene rings is 2. The van der Waals surface area contributed by atoms with Crippen molar-refractivity contribution in [1.82, 2.24) is 0 Å². The van der Waals surface area contributed by atoms with Crippen molar-refractivity contribution >= 4 is 23.2 Å². The predicted molar refractivity (Wildman–Crippen MR) is 91.2 cm³/mol. The highest BCUT2D eigenvalue weighted by Crippen LogP contribution is 2.25. The van der Waals surface area contributed by atoms with E-state index in [4.69, 9.17) is 4.74 Å². The Labute approximate surface area is 135 Å². The van der Waals surface area contributed by atoms with Crippen LogP contribution in [0.5, 0.6) is 5.75 Å². The Bertz CT molecular complexity index is 754. The summed E-state index contributed by atoms with van der Waals surface area (Å²) < 4.78 is 5.32. The van der Waals surface area contributed by atoms with Gasteiger partial charge in [0.05, 0.1) is 12.7 Å². The lowest BCUT2D eigenvalue weighted by Gasteiger charge is -2.13. The number of carbonyl (C=O) groups is 2. The molecule has 5 nitrogen and oxygen atoms in total. The van der Waals surface area contributed by atoms with Crippen LogP contribution in [-0.2, 0) is 4.79 Å². The first-order valence-corrected chi connectivity index (χ1v) is 7.25. The van der Waals surface area contributed by atoms with Gasteiger partial charge in [-0.3, -0.25) is 9.59 Å². The van der Waals surface area contributed by atoms with Crippen molar-refractivity contribution in [2.75, 3.05) is 17.7 Å². The minimum Gasteiger partial charge on any atom is -0.496 e. The second-order valence-electron chi connectivity index (χ2n) is 5.38. The summed E-state index contributed by atoms with van der Waals surface area (Å²) in [6.07, 6.45) is 0. The van der Waals surface area contributed by atoms with Crippen molar-refractivity contribution in [3.63, 3.8) is 0 Å². The lowest BCUT2D eigenvalue weighted by Crippen LogP contribution is -2.15. The lowest BCUT2D eigenvalue weighted by atomic mass is 10.0. The second kappa shape index (κ2) is 6.96. The van der Waals surface area contributed by atoms with Crippen LogP contribution in [0.3, 0.4) is 0 Å². The fourth-order valence-electron chi connectivity index (χ4n) is 2.45. The van der Waals surface area contributed by atoms with Gasteiger partial charge in [-0.05, 0) is 49.2 Å². The predicted octanol–water partition coefficient (Wildman–Crippen LogP) is 3.52. The molecule has 0 aromatic heterocycles. The van der Waals surface area contributed by atoms with E-state index < -0.39 is 0 Å². The first-order chi connectivity index (χ1) is 10.9. The van der Waals surface area contributed by atoms with E-state index in [1.807, 2.05) is 26.0 Å². The highest BCUT2D eigenvalue weighted by atomic mass is 16.5. The van der Waals surface area contributed by atoms with Gasteiger partial charge < -0.3 is 15.4 Å². The molecular weight excluding hydrogens is 292 g/mol. The largest absolute Gasteiger partial charge is 0.496 e. The zero-order chi connectivity index (χ0) is 17.0. The minimum atomic E-state index is -0.251. The van der Waals surface area contributed by atoms with E-state index in [2.05, 4.69) is 10.6 Å². The molecule has 2 aromatic rings. The smallest absolute Gasteiger partial charge is 0.259 e. The third-order valence-electron chi connectivity index (χ3n) is 3.33. The number of nitrogens with one attached hydrogen (secondary N) is 2. The highest BCUT2D eigenvalue weighted by molar-refractivity contribution is 6.07. The molecule has 0 radical (unpaired) electrons. The normalized spacial score (nSPS) is 10.1. The van der Waals surface area contributed by atoms with Crippen LogP contribution >= 0.6 is 0 Å². The molecule has 0 unspecified atom stereocenters. The molecule has 0 aliphatic rings. The van der Waals surface area contributed by atoms with Gasteiger partial charge in [0.25, 0.3) is 5.91 Å². The summed E-state index contributed by atoms with van der Waals surface area (Å²) in [5.41, 5.74) is 3.61. The van der Waals surface area contributed by atoms with Crippen LogP contribution in [0.25, 0.3) is 0 Å². The van der Waals surface area contributed by atoms with Crippen LogP contribution in [0, 0.1) is 13.8 Å².